The van der Waals surface area contributed by atoms with E-state index < -0.39 is 0 Å². The Bertz CT molecular complexity index is 263. The molecule has 0 amide bonds. The van der Waals surface area contributed by atoms with E-state index in [0.29, 0.717) is 6.04 Å². The zero-order chi connectivity index (χ0) is 13.7. The van der Waals surface area contributed by atoms with E-state index in [9.17, 15) is 0 Å². The molecular weight excluding hydrogens is 238 g/mol. The molecule has 2 fully saturated rings. The van der Waals surface area contributed by atoms with E-state index in [1.165, 1.54) is 32.1 Å². The highest BCUT2D eigenvalue weighted by Crippen LogP contribution is 2.40. The molecule has 1 heterocycles. The highest BCUT2D eigenvalue weighted by Gasteiger charge is 2.44. The minimum Gasteiger partial charge on any atom is -0.381 e. The van der Waals surface area contributed by atoms with Crippen LogP contribution in [0.3, 0.4) is 0 Å². The van der Waals surface area contributed by atoms with Gasteiger partial charge in [0.15, 0.2) is 0 Å². The molecule has 3 heteroatoms. The fourth-order valence-electron chi connectivity index (χ4n) is 4.29. The maximum atomic E-state index is 6.01. The van der Waals surface area contributed by atoms with Crippen LogP contribution in [0.15, 0.2) is 0 Å². The quantitative estimate of drug-likeness (QED) is 0.832. The minimum absolute atomic E-state index is 0.00665. The second-order valence-corrected chi connectivity index (χ2v) is 6.35. The van der Waals surface area contributed by atoms with Gasteiger partial charge in [0, 0.05) is 39.2 Å². The van der Waals surface area contributed by atoms with Gasteiger partial charge in [0.1, 0.15) is 0 Å². The van der Waals surface area contributed by atoms with Gasteiger partial charge in [-0.05, 0) is 31.7 Å². The Morgan fingerprint density at radius 2 is 2.05 bits per heavy atom. The van der Waals surface area contributed by atoms with Crippen LogP contribution in [0.5, 0.6) is 0 Å². The molecule has 1 saturated carbocycles. The molecule has 0 bridgehead atoms. The lowest BCUT2D eigenvalue weighted by Gasteiger charge is -2.47. The molecule has 3 nitrogen and oxygen atoms in total. The first-order valence-electron chi connectivity index (χ1n) is 8.06. The predicted octanol–water partition coefficient (Wildman–Crippen LogP) is 2.99. The molecule has 0 aromatic rings. The number of methoxy groups -OCH3 is 1. The summed E-state index contributed by atoms with van der Waals surface area (Å²) in [6, 6.07) is 0.482. The SMILES string of the molecule is CCC1CCCC(C(NC)C2(OC)CCOCC2)C1. The second kappa shape index (κ2) is 7.05. The summed E-state index contributed by atoms with van der Waals surface area (Å²) in [6.45, 7) is 4.02. The number of ether oxygens (including phenoxy) is 2. The van der Waals surface area contributed by atoms with Gasteiger partial charge < -0.3 is 14.8 Å². The predicted molar refractivity (Wildman–Crippen MR) is 78.4 cm³/mol. The Hall–Kier alpha value is -0.120. The van der Waals surface area contributed by atoms with Crippen LogP contribution in [-0.4, -0.2) is 39.0 Å². The van der Waals surface area contributed by atoms with Crippen LogP contribution in [0.2, 0.25) is 0 Å². The first kappa shape index (κ1) is 15.3. The third-order valence-corrected chi connectivity index (χ3v) is 5.50. The van der Waals surface area contributed by atoms with E-state index in [1.807, 2.05) is 7.11 Å². The van der Waals surface area contributed by atoms with E-state index in [0.717, 1.165) is 37.9 Å². The van der Waals surface area contributed by atoms with E-state index in [-0.39, 0.29) is 5.60 Å². The first-order valence-corrected chi connectivity index (χ1v) is 8.06. The van der Waals surface area contributed by atoms with Crippen LogP contribution in [0.1, 0.15) is 51.9 Å². The lowest BCUT2D eigenvalue weighted by Crippen LogP contribution is -2.58. The number of hydrogen-bond acceptors (Lipinski definition) is 3. The molecule has 1 aliphatic carbocycles. The van der Waals surface area contributed by atoms with Crippen LogP contribution >= 0.6 is 0 Å². The summed E-state index contributed by atoms with van der Waals surface area (Å²) in [5, 5.41) is 3.60. The lowest BCUT2D eigenvalue weighted by atomic mass is 9.70. The van der Waals surface area contributed by atoms with Crippen molar-refractivity contribution in [1.29, 1.82) is 0 Å². The van der Waals surface area contributed by atoms with Crippen LogP contribution in [0, 0.1) is 11.8 Å². The molecule has 0 spiro atoms. The third-order valence-electron chi connectivity index (χ3n) is 5.50. The second-order valence-electron chi connectivity index (χ2n) is 6.35. The van der Waals surface area contributed by atoms with Crippen molar-refractivity contribution in [1.82, 2.24) is 5.32 Å². The van der Waals surface area contributed by atoms with Crippen molar-refractivity contribution < 1.29 is 9.47 Å². The Morgan fingerprint density at radius 1 is 1.32 bits per heavy atom. The molecule has 3 atom stereocenters. The van der Waals surface area contributed by atoms with Gasteiger partial charge in [0.25, 0.3) is 0 Å². The number of hydrogen-bond donors (Lipinski definition) is 1. The maximum Gasteiger partial charge on any atom is 0.0877 e. The standard InChI is InChI=1S/C16H31NO2/c1-4-13-6-5-7-14(12-13)15(17-2)16(18-3)8-10-19-11-9-16/h13-15,17H,4-12H2,1-3H3. The molecule has 3 unspecified atom stereocenters. The van der Waals surface area contributed by atoms with Crippen molar-refractivity contribution >= 4 is 0 Å². The summed E-state index contributed by atoms with van der Waals surface area (Å²) < 4.78 is 11.6. The summed E-state index contributed by atoms with van der Waals surface area (Å²) in [5.74, 6) is 1.69. The normalized spacial score (nSPS) is 33.0. The van der Waals surface area contributed by atoms with Crippen molar-refractivity contribution in [2.24, 2.45) is 11.8 Å². The molecule has 19 heavy (non-hydrogen) atoms. The van der Waals surface area contributed by atoms with Crippen molar-refractivity contribution in [3.8, 4) is 0 Å². The van der Waals surface area contributed by atoms with Crippen molar-refractivity contribution in [3.05, 3.63) is 0 Å². The number of likely N-dealkylation sites (N-methyl/N-ethyl adjacent to an activating group) is 1. The molecule has 2 rings (SSSR count). The largest absolute Gasteiger partial charge is 0.381 e. The van der Waals surface area contributed by atoms with Crippen LogP contribution in [-0.2, 0) is 9.47 Å². The van der Waals surface area contributed by atoms with E-state index >= 15 is 0 Å². The number of nitrogens with one attached hydrogen (secondary N) is 1. The van der Waals surface area contributed by atoms with Crippen molar-refractivity contribution in [2.45, 2.75) is 63.5 Å². The molecular formula is C16H31NO2. The van der Waals surface area contributed by atoms with Gasteiger partial charge in [-0.3, -0.25) is 0 Å². The fourth-order valence-corrected chi connectivity index (χ4v) is 4.29. The summed E-state index contributed by atoms with van der Waals surface area (Å²) in [5.41, 5.74) is -0.00665. The van der Waals surface area contributed by atoms with Crippen LogP contribution < -0.4 is 5.32 Å². The highest BCUT2D eigenvalue weighted by molar-refractivity contribution is 4.99. The Morgan fingerprint density at radius 3 is 2.63 bits per heavy atom. The summed E-state index contributed by atoms with van der Waals surface area (Å²) in [4.78, 5) is 0. The zero-order valence-electron chi connectivity index (χ0n) is 12.9. The number of rotatable bonds is 5. The van der Waals surface area contributed by atoms with E-state index in [4.69, 9.17) is 9.47 Å². The third kappa shape index (κ3) is 3.32. The topological polar surface area (TPSA) is 30.5 Å². The molecule has 0 radical (unpaired) electrons. The fraction of sp³-hybridized carbons (Fsp3) is 1.00. The van der Waals surface area contributed by atoms with Gasteiger partial charge in [-0.1, -0.05) is 26.2 Å². The summed E-state index contributed by atoms with van der Waals surface area (Å²) >= 11 is 0. The first-order chi connectivity index (χ1) is 9.25. The molecule has 112 valence electrons. The Balaban J connectivity index is 2.08. The van der Waals surface area contributed by atoms with Crippen LogP contribution in [0.4, 0.5) is 0 Å². The Labute approximate surface area is 118 Å². The summed E-state index contributed by atoms with van der Waals surface area (Å²) in [7, 11) is 3.99. The molecule has 0 aromatic heterocycles. The van der Waals surface area contributed by atoms with Crippen LogP contribution in [0.25, 0.3) is 0 Å². The molecule has 0 aromatic carbocycles. The smallest absolute Gasteiger partial charge is 0.0877 e. The molecule has 1 aliphatic heterocycles. The van der Waals surface area contributed by atoms with Gasteiger partial charge in [-0.15, -0.1) is 0 Å². The summed E-state index contributed by atoms with van der Waals surface area (Å²) in [6.07, 6.45) is 8.92. The van der Waals surface area contributed by atoms with Crippen molar-refractivity contribution in [3.63, 3.8) is 0 Å². The highest BCUT2D eigenvalue weighted by atomic mass is 16.5. The zero-order valence-corrected chi connectivity index (χ0v) is 12.9. The lowest BCUT2D eigenvalue weighted by molar-refractivity contribution is -0.123. The Kier molecular flexibility index (Phi) is 5.67. The van der Waals surface area contributed by atoms with Gasteiger partial charge in [0.05, 0.1) is 5.60 Å². The molecule has 1 saturated heterocycles. The van der Waals surface area contributed by atoms with Crippen molar-refractivity contribution in [2.75, 3.05) is 27.4 Å². The van der Waals surface area contributed by atoms with Gasteiger partial charge in [0.2, 0.25) is 0 Å². The van der Waals surface area contributed by atoms with Gasteiger partial charge in [-0.25, -0.2) is 0 Å². The molecule has 1 N–H and O–H groups in total. The molecule has 2 aliphatic rings. The average Bonchev–Trinajstić information content (AvgIpc) is 2.49. The van der Waals surface area contributed by atoms with Gasteiger partial charge >= 0.3 is 0 Å². The maximum absolute atomic E-state index is 6.01. The van der Waals surface area contributed by atoms with E-state index in [2.05, 4.69) is 19.3 Å². The van der Waals surface area contributed by atoms with E-state index in [1.54, 1.807) is 0 Å². The minimum atomic E-state index is -0.00665. The average molecular weight is 269 g/mol. The van der Waals surface area contributed by atoms with Gasteiger partial charge in [-0.2, -0.15) is 0 Å². The monoisotopic (exact) mass is 269 g/mol.